The maximum Gasteiger partial charge on any atom is 0.304 e. The summed E-state index contributed by atoms with van der Waals surface area (Å²) in [7, 11) is 0. The molecule has 1 aromatic rings. The van der Waals surface area contributed by atoms with Gasteiger partial charge in [0, 0.05) is 18.7 Å². The monoisotopic (exact) mass is 236 g/mol. The van der Waals surface area contributed by atoms with E-state index in [1.54, 1.807) is 6.07 Å². The number of nitrogens with zero attached hydrogens (tertiary/aromatic N) is 1. The number of nitro groups is 1. The average Bonchev–Trinajstić information content (AvgIpc) is 2.78. The Labute approximate surface area is 98.3 Å². The molecule has 0 aliphatic heterocycles. The average molecular weight is 236 g/mol. The number of hydrogen-bond acceptors (Lipinski definition) is 3. The Bertz CT molecular complexity index is 452. The molecule has 5 heteroatoms. The fourth-order valence-electron chi connectivity index (χ4n) is 1.85. The van der Waals surface area contributed by atoms with Crippen LogP contribution in [0, 0.1) is 15.9 Å². The molecule has 0 spiro atoms. The fourth-order valence-corrected chi connectivity index (χ4v) is 1.85. The number of benzene rings is 1. The number of rotatable bonds is 4. The van der Waals surface area contributed by atoms with Crippen molar-refractivity contribution in [1.82, 2.24) is 5.32 Å². The van der Waals surface area contributed by atoms with Crippen LogP contribution in [-0.4, -0.2) is 11.0 Å². The molecule has 17 heavy (non-hydrogen) atoms. The third-order valence-corrected chi connectivity index (χ3v) is 2.81. The van der Waals surface area contributed by atoms with Crippen molar-refractivity contribution in [2.45, 2.75) is 25.4 Å². The maximum atomic E-state index is 13.3. The highest BCUT2D eigenvalue weighted by Gasteiger charge is 2.14. The lowest BCUT2D eigenvalue weighted by Crippen LogP contribution is -2.25. The zero-order valence-electron chi connectivity index (χ0n) is 9.23. The Morgan fingerprint density at radius 2 is 2.12 bits per heavy atom. The topological polar surface area (TPSA) is 55.2 Å². The number of nitro benzene ring substituents is 1. The number of nitrogens with one attached hydrogen (secondary N) is 1. The lowest BCUT2D eigenvalue weighted by atomic mass is 10.1. The zero-order chi connectivity index (χ0) is 12.3. The number of hydrogen-bond donors (Lipinski definition) is 1. The van der Waals surface area contributed by atoms with Crippen LogP contribution in [0.15, 0.2) is 30.4 Å². The highest BCUT2D eigenvalue weighted by Crippen LogP contribution is 2.18. The van der Waals surface area contributed by atoms with Gasteiger partial charge in [-0.1, -0.05) is 18.2 Å². The van der Waals surface area contributed by atoms with Crippen LogP contribution in [0.25, 0.3) is 0 Å². The first-order chi connectivity index (χ1) is 8.16. The highest BCUT2D eigenvalue weighted by molar-refractivity contribution is 5.34. The first-order valence-corrected chi connectivity index (χ1v) is 5.48. The second-order valence-corrected chi connectivity index (χ2v) is 4.06. The molecule has 0 atom stereocenters. The summed E-state index contributed by atoms with van der Waals surface area (Å²) in [6.45, 7) is 0.529. The molecule has 2 rings (SSSR count). The van der Waals surface area contributed by atoms with Crippen molar-refractivity contribution in [3.05, 3.63) is 51.8 Å². The molecule has 0 bridgehead atoms. The lowest BCUT2D eigenvalue weighted by Gasteiger charge is -2.11. The first-order valence-electron chi connectivity index (χ1n) is 5.48. The molecule has 0 amide bonds. The number of halogens is 1. The van der Waals surface area contributed by atoms with Gasteiger partial charge >= 0.3 is 5.69 Å². The maximum absolute atomic E-state index is 13.3. The molecule has 0 radical (unpaired) electrons. The zero-order valence-corrected chi connectivity index (χ0v) is 9.23. The van der Waals surface area contributed by atoms with Gasteiger partial charge in [0.15, 0.2) is 0 Å². The Kier molecular flexibility index (Phi) is 3.49. The molecule has 1 aliphatic carbocycles. The molecule has 0 saturated heterocycles. The Balaban J connectivity index is 1.97. The molecule has 1 N–H and O–H groups in total. The van der Waals surface area contributed by atoms with E-state index in [0.717, 1.165) is 18.4 Å². The van der Waals surface area contributed by atoms with Gasteiger partial charge in [0.05, 0.1) is 4.92 Å². The van der Waals surface area contributed by atoms with Crippen molar-refractivity contribution in [2.24, 2.45) is 0 Å². The van der Waals surface area contributed by atoms with Crippen molar-refractivity contribution in [3.63, 3.8) is 0 Å². The van der Waals surface area contributed by atoms with E-state index in [4.69, 9.17) is 0 Å². The predicted molar refractivity (Wildman–Crippen MR) is 62.1 cm³/mol. The second-order valence-electron chi connectivity index (χ2n) is 4.06. The summed E-state index contributed by atoms with van der Waals surface area (Å²) in [6.07, 6.45) is 6.17. The van der Waals surface area contributed by atoms with Gasteiger partial charge in [-0.25, -0.2) is 0 Å². The smallest absolute Gasteiger partial charge is 0.304 e. The largest absolute Gasteiger partial charge is 0.309 e. The molecule has 1 aromatic carbocycles. The quantitative estimate of drug-likeness (QED) is 0.496. The van der Waals surface area contributed by atoms with Gasteiger partial charge in [0.2, 0.25) is 5.82 Å². The molecule has 4 nitrogen and oxygen atoms in total. The third kappa shape index (κ3) is 2.88. The van der Waals surface area contributed by atoms with Crippen LogP contribution in [0.2, 0.25) is 0 Å². The van der Waals surface area contributed by atoms with Crippen molar-refractivity contribution in [3.8, 4) is 0 Å². The second kappa shape index (κ2) is 5.05. The fraction of sp³-hybridized carbons (Fsp3) is 0.333. The lowest BCUT2D eigenvalue weighted by molar-refractivity contribution is -0.387. The van der Waals surface area contributed by atoms with E-state index >= 15 is 0 Å². The summed E-state index contributed by atoms with van der Waals surface area (Å²) in [4.78, 5) is 9.73. The van der Waals surface area contributed by atoms with E-state index in [-0.39, 0.29) is 0 Å². The minimum atomic E-state index is -0.779. The summed E-state index contributed by atoms with van der Waals surface area (Å²) in [5, 5.41) is 13.7. The molecule has 0 saturated carbocycles. The van der Waals surface area contributed by atoms with Crippen molar-refractivity contribution >= 4 is 5.69 Å². The molecule has 0 aromatic heterocycles. The standard InChI is InChI=1S/C12H13FN2O2/c13-11-7-9(5-6-12(11)15(16)17)8-14-10-3-1-2-4-10/h1-2,5-7,10,14H,3-4,8H2. The normalized spacial score (nSPS) is 15.4. The van der Waals surface area contributed by atoms with Gasteiger partial charge in [0.1, 0.15) is 0 Å². The van der Waals surface area contributed by atoms with Crippen LogP contribution in [0.1, 0.15) is 18.4 Å². The van der Waals surface area contributed by atoms with Crippen molar-refractivity contribution < 1.29 is 9.31 Å². The molecule has 1 aliphatic rings. The van der Waals surface area contributed by atoms with Crippen LogP contribution < -0.4 is 5.32 Å². The summed E-state index contributed by atoms with van der Waals surface area (Å²) >= 11 is 0. The van der Waals surface area contributed by atoms with Gasteiger partial charge < -0.3 is 5.32 Å². The van der Waals surface area contributed by atoms with E-state index in [1.165, 1.54) is 12.1 Å². The highest BCUT2D eigenvalue weighted by atomic mass is 19.1. The van der Waals surface area contributed by atoms with E-state index < -0.39 is 16.4 Å². The van der Waals surface area contributed by atoms with Crippen LogP contribution in [0.5, 0.6) is 0 Å². The van der Waals surface area contributed by atoms with Gasteiger partial charge in [-0.15, -0.1) is 0 Å². The summed E-state index contributed by atoms with van der Waals surface area (Å²) in [5.74, 6) is -0.779. The van der Waals surface area contributed by atoms with Gasteiger partial charge in [-0.05, 0) is 24.5 Å². The molecule has 0 heterocycles. The van der Waals surface area contributed by atoms with E-state index in [0.29, 0.717) is 12.6 Å². The minimum Gasteiger partial charge on any atom is -0.309 e. The Morgan fingerprint density at radius 1 is 1.41 bits per heavy atom. The van der Waals surface area contributed by atoms with Crippen LogP contribution >= 0.6 is 0 Å². The van der Waals surface area contributed by atoms with Gasteiger partial charge in [-0.3, -0.25) is 10.1 Å². The molecular formula is C12H13FN2O2. The van der Waals surface area contributed by atoms with Crippen molar-refractivity contribution in [2.75, 3.05) is 0 Å². The molecule has 0 fully saturated rings. The predicted octanol–water partition coefficient (Wildman–Crippen LogP) is 2.54. The Hall–Kier alpha value is -1.75. The van der Waals surface area contributed by atoms with E-state index in [2.05, 4.69) is 17.5 Å². The summed E-state index contributed by atoms with van der Waals surface area (Å²) in [5.41, 5.74) is 0.247. The van der Waals surface area contributed by atoms with Crippen LogP contribution in [-0.2, 0) is 6.54 Å². The van der Waals surface area contributed by atoms with E-state index in [9.17, 15) is 14.5 Å². The summed E-state index contributed by atoms with van der Waals surface area (Å²) < 4.78 is 13.3. The minimum absolute atomic E-state index is 0.397. The first kappa shape index (κ1) is 11.7. The van der Waals surface area contributed by atoms with E-state index in [1.807, 2.05) is 0 Å². The van der Waals surface area contributed by atoms with Crippen LogP contribution in [0.4, 0.5) is 10.1 Å². The Morgan fingerprint density at radius 3 is 2.71 bits per heavy atom. The van der Waals surface area contributed by atoms with Crippen LogP contribution in [0.3, 0.4) is 0 Å². The third-order valence-electron chi connectivity index (χ3n) is 2.81. The van der Waals surface area contributed by atoms with Gasteiger partial charge in [-0.2, -0.15) is 4.39 Å². The SMILES string of the molecule is O=[N+]([O-])c1ccc(CNC2CC=CC2)cc1F. The molecular weight excluding hydrogens is 223 g/mol. The molecule has 0 unspecified atom stereocenters. The van der Waals surface area contributed by atoms with Gasteiger partial charge in [0.25, 0.3) is 0 Å². The summed E-state index contributed by atoms with van der Waals surface area (Å²) in [6, 6.07) is 4.40. The molecule has 90 valence electrons. The van der Waals surface area contributed by atoms with Crippen molar-refractivity contribution in [1.29, 1.82) is 0 Å².